The molecule has 1 aromatic carbocycles. The maximum Gasteiger partial charge on any atom is 0.252 e. The lowest BCUT2D eigenvalue weighted by atomic mass is 10.2. The highest BCUT2D eigenvalue weighted by Gasteiger charge is 2.38. The number of hydrogen-bond donors (Lipinski definition) is 1. The minimum absolute atomic E-state index is 0.00898. The normalized spacial score (nSPS) is 15.3. The van der Waals surface area contributed by atoms with Crippen LogP contribution in [0.1, 0.15) is 16.1 Å². The lowest BCUT2D eigenvalue weighted by Gasteiger charge is -2.37. The van der Waals surface area contributed by atoms with E-state index in [9.17, 15) is 13.2 Å². The highest BCUT2D eigenvalue weighted by atomic mass is 32.2. The summed E-state index contributed by atoms with van der Waals surface area (Å²) >= 11 is 0. The number of aromatic nitrogens is 1. The molecule has 1 aliphatic heterocycles. The fourth-order valence-corrected chi connectivity index (χ4v) is 4.18. The first-order valence-electron chi connectivity index (χ1n) is 7.88. The molecule has 138 valence electrons. The van der Waals surface area contributed by atoms with Gasteiger partial charge in [-0.2, -0.15) is 4.31 Å². The van der Waals surface area contributed by atoms with Crippen LogP contribution in [-0.2, 0) is 10.0 Å². The van der Waals surface area contributed by atoms with E-state index < -0.39 is 15.9 Å². The van der Waals surface area contributed by atoms with Crippen LogP contribution in [0.4, 0.5) is 0 Å². The van der Waals surface area contributed by atoms with Crippen molar-refractivity contribution in [2.45, 2.75) is 17.9 Å². The quantitative estimate of drug-likeness (QED) is 0.802. The second-order valence-electron chi connectivity index (χ2n) is 5.92. The van der Waals surface area contributed by atoms with E-state index in [0.717, 1.165) is 5.69 Å². The molecular formula is C17H19N3O5S. The number of nitrogens with zero attached hydrogens (tertiary/aromatic N) is 2. The van der Waals surface area contributed by atoms with Gasteiger partial charge in [-0.15, -0.1) is 0 Å². The van der Waals surface area contributed by atoms with Crippen molar-refractivity contribution >= 4 is 15.9 Å². The third-order valence-electron chi connectivity index (χ3n) is 4.06. The van der Waals surface area contributed by atoms with Crippen molar-refractivity contribution in [1.29, 1.82) is 0 Å². The van der Waals surface area contributed by atoms with Crippen LogP contribution in [0.15, 0.2) is 41.4 Å². The van der Waals surface area contributed by atoms with E-state index in [-0.39, 0.29) is 35.4 Å². The van der Waals surface area contributed by atoms with Crippen LogP contribution in [-0.4, -0.2) is 49.9 Å². The van der Waals surface area contributed by atoms with Gasteiger partial charge in [0.05, 0.1) is 30.7 Å². The summed E-state index contributed by atoms with van der Waals surface area (Å²) in [6.45, 7) is 2.30. The molecule has 1 amide bonds. The minimum Gasteiger partial charge on any atom is -0.496 e. The van der Waals surface area contributed by atoms with Crippen LogP contribution in [0.5, 0.6) is 11.5 Å². The molecule has 0 unspecified atom stereocenters. The van der Waals surface area contributed by atoms with E-state index in [0.29, 0.717) is 5.75 Å². The Hall–Kier alpha value is -2.65. The molecule has 2 heterocycles. The van der Waals surface area contributed by atoms with E-state index in [1.165, 1.54) is 29.6 Å². The summed E-state index contributed by atoms with van der Waals surface area (Å²) in [6, 6.07) is 7.56. The molecular weight excluding hydrogens is 358 g/mol. The molecule has 0 saturated carbocycles. The first-order valence-corrected chi connectivity index (χ1v) is 9.32. The van der Waals surface area contributed by atoms with E-state index in [2.05, 4.69) is 4.98 Å². The summed E-state index contributed by atoms with van der Waals surface area (Å²) < 4.78 is 37.5. The van der Waals surface area contributed by atoms with Crippen molar-refractivity contribution in [2.24, 2.45) is 5.73 Å². The summed E-state index contributed by atoms with van der Waals surface area (Å²) in [5.41, 5.74) is 6.14. The Morgan fingerprint density at radius 3 is 2.62 bits per heavy atom. The fourth-order valence-electron chi connectivity index (χ4n) is 2.65. The molecule has 3 rings (SSSR count). The molecule has 1 fully saturated rings. The topological polar surface area (TPSA) is 112 Å². The Balaban J connectivity index is 1.72. The van der Waals surface area contributed by atoms with E-state index in [1.807, 2.05) is 6.92 Å². The van der Waals surface area contributed by atoms with Crippen LogP contribution in [0.2, 0.25) is 0 Å². The third kappa shape index (κ3) is 3.49. The van der Waals surface area contributed by atoms with Crippen molar-refractivity contribution in [3.63, 3.8) is 0 Å². The molecule has 1 aromatic heterocycles. The number of amides is 1. The first kappa shape index (κ1) is 18.2. The number of primary amides is 1. The predicted octanol–water partition coefficient (Wildman–Crippen LogP) is 0.949. The van der Waals surface area contributed by atoms with Gasteiger partial charge in [-0.1, -0.05) is 0 Å². The molecule has 8 nitrogen and oxygen atoms in total. The Labute approximate surface area is 151 Å². The average molecular weight is 377 g/mol. The van der Waals surface area contributed by atoms with Gasteiger partial charge in [0.15, 0.2) is 0 Å². The van der Waals surface area contributed by atoms with Crippen LogP contribution in [0, 0.1) is 6.92 Å². The number of sulfonamides is 1. The van der Waals surface area contributed by atoms with Gasteiger partial charge in [-0.25, -0.2) is 8.42 Å². The van der Waals surface area contributed by atoms with Crippen LogP contribution in [0.3, 0.4) is 0 Å². The molecule has 1 saturated heterocycles. The van der Waals surface area contributed by atoms with E-state index in [1.54, 1.807) is 18.3 Å². The Bertz CT molecular complexity index is 939. The summed E-state index contributed by atoms with van der Waals surface area (Å²) in [5, 5.41) is 0. The number of pyridine rings is 1. The minimum atomic E-state index is -3.74. The molecule has 2 aromatic rings. The van der Waals surface area contributed by atoms with E-state index >= 15 is 0 Å². The largest absolute Gasteiger partial charge is 0.496 e. The molecule has 0 bridgehead atoms. The summed E-state index contributed by atoms with van der Waals surface area (Å²) in [6.07, 6.45) is 1.40. The number of rotatable bonds is 6. The summed E-state index contributed by atoms with van der Waals surface area (Å²) in [5.74, 6) is 0.131. The van der Waals surface area contributed by atoms with Gasteiger partial charge < -0.3 is 15.2 Å². The monoisotopic (exact) mass is 377 g/mol. The predicted molar refractivity (Wildman–Crippen MR) is 93.7 cm³/mol. The molecule has 0 radical (unpaired) electrons. The maximum atomic E-state index is 12.7. The van der Waals surface area contributed by atoms with Gasteiger partial charge in [0, 0.05) is 18.0 Å². The second kappa shape index (κ2) is 6.93. The molecule has 0 spiro atoms. The highest BCUT2D eigenvalue weighted by Crippen LogP contribution is 2.28. The average Bonchev–Trinajstić information content (AvgIpc) is 2.56. The molecule has 26 heavy (non-hydrogen) atoms. The van der Waals surface area contributed by atoms with Gasteiger partial charge >= 0.3 is 0 Å². The number of nitrogens with two attached hydrogens (primary N) is 1. The zero-order valence-corrected chi connectivity index (χ0v) is 15.2. The molecule has 0 atom stereocenters. The number of carbonyl (C=O) groups is 1. The van der Waals surface area contributed by atoms with Crippen LogP contribution >= 0.6 is 0 Å². The standard InChI is InChI=1S/C17H19N3O5S/c1-11-7-12(5-6-19-11)25-13-9-20(10-13)26(22,23)14-3-4-16(24-2)15(8-14)17(18)21/h3-8,13H,9-10H2,1-2H3,(H2,18,21). The second-order valence-corrected chi connectivity index (χ2v) is 7.86. The number of benzene rings is 1. The number of hydrogen-bond acceptors (Lipinski definition) is 6. The van der Waals surface area contributed by atoms with Crippen LogP contribution in [0.25, 0.3) is 0 Å². The van der Waals surface area contributed by atoms with E-state index in [4.69, 9.17) is 15.2 Å². The lowest BCUT2D eigenvalue weighted by molar-refractivity contribution is 0.0760. The van der Waals surface area contributed by atoms with Crippen molar-refractivity contribution in [1.82, 2.24) is 9.29 Å². The molecule has 1 aliphatic rings. The first-order chi connectivity index (χ1) is 12.3. The fraction of sp³-hybridized carbons (Fsp3) is 0.294. The van der Waals surface area contributed by atoms with Crippen molar-refractivity contribution in [3.05, 3.63) is 47.8 Å². The van der Waals surface area contributed by atoms with Gasteiger partial charge in [0.25, 0.3) is 5.91 Å². The SMILES string of the molecule is COc1ccc(S(=O)(=O)N2CC(Oc3ccnc(C)c3)C2)cc1C(N)=O. The Kier molecular flexibility index (Phi) is 4.84. The zero-order chi connectivity index (χ0) is 18.9. The Morgan fingerprint density at radius 1 is 1.27 bits per heavy atom. The molecule has 0 aliphatic carbocycles. The molecule has 2 N–H and O–H groups in total. The third-order valence-corrected chi connectivity index (χ3v) is 5.89. The van der Waals surface area contributed by atoms with Gasteiger partial charge in [-0.3, -0.25) is 9.78 Å². The smallest absolute Gasteiger partial charge is 0.252 e. The number of methoxy groups -OCH3 is 1. The molecule has 9 heteroatoms. The highest BCUT2D eigenvalue weighted by molar-refractivity contribution is 7.89. The summed E-state index contributed by atoms with van der Waals surface area (Å²) in [7, 11) is -2.36. The van der Waals surface area contributed by atoms with Gasteiger partial charge in [-0.05, 0) is 31.2 Å². The van der Waals surface area contributed by atoms with Crippen LogP contribution < -0.4 is 15.2 Å². The van der Waals surface area contributed by atoms with Crippen molar-refractivity contribution in [3.8, 4) is 11.5 Å². The van der Waals surface area contributed by atoms with Gasteiger partial charge in [0.1, 0.15) is 17.6 Å². The Morgan fingerprint density at radius 2 is 2.00 bits per heavy atom. The lowest BCUT2D eigenvalue weighted by Crippen LogP contribution is -2.55. The number of ether oxygens (including phenoxy) is 2. The number of carbonyl (C=O) groups excluding carboxylic acids is 1. The van der Waals surface area contributed by atoms with Crippen molar-refractivity contribution in [2.75, 3.05) is 20.2 Å². The zero-order valence-electron chi connectivity index (χ0n) is 14.4. The van der Waals surface area contributed by atoms with Gasteiger partial charge in [0.2, 0.25) is 10.0 Å². The number of aryl methyl sites for hydroxylation is 1. The maximum absolute atomic E-state index is 12.7. The summed E-state index contributed by atoms with van der Waals surface area (Å²) in [4.78, 5) is 15.6. The van der Waals surface area contributed by atoms with Crippen molar-refractivity contribution < 1.29 is 22.7 Å².